The zero-order valence-electron chi connectivity index (χ0n) is 23.8. The summed E-state index contributed by atoms with van der Waals surface area (Å²) in [6.07, 6.45) is 0.425. The van der Waals surface area contributed by atoms with E-state index in [4.69, 9.17) is 4.74 Å². The molecular formula is C35H30N4O4. The maximum Gasteiger partial charge on any atom is 0.332 e. The molecule has 1 saturated heterocycles. The number of rotatable bonds is 6. The first kappa shape index (κ1) is 26.5. The summed E-state index contributed by atoms with van der Waals surface area (Å²) in [5, 5.41) is 3.98. The van der Waals surface area contributed by atoms with E-state index in [9.17, 15) is 14.4 Å². The zero-order chi connectivity index (χ0) is 29.7. The number of hydrogen-bond acceptors (Lipinski definition) is 4. The average Bonchev–Trinajstić information content (AvgIpc) is 3.53. The molecule has 2 unspecified atom stereocenters. The van der Waals surface area contributed by atoms with Gasteiger partial charge in [0.05, 0.1) is 12.8 Å². The Morgan fingerprint density at radius 2 is 1.65 bits per heavy atom. The highest BCUT2D eigenvalue weighted by Crippen LogP contribution is 2.45. The molecule has 4 aromatic carbocycles. The van der Waals surface area contributed by atoms with Crippen LogP contribution >= 0.6 is 0 Å². The van der Waals surface area contributed by atoms with E-state index < -0.39 is 12.1 Å². The fraction of sp³-hybridized carbons (Fsp3) is 0.171. The summed E-state index contributed by atoms with van der Waals surface area (Å²) in [5.41, 5.74) is 6.84. The number of nitrogens with zero attached hydrogens (tertiary/aromatic N) is 2. The molecule has 2 aliphatic heterocycles. The molecule has 0 radical (unpaired) electrons. The van der Waals surface area contributed by atoms with Gasteiger partial charge in [-0.05, 0) is 71.6 Å². The Bertz CT molecular complexity index is 1880. The van der Waals surface area contributed by atoms with E-state index in [1.807, 2.05) is 73.7 Å². The molecule has 0 spiro atoms. The summed E-state index contributed by atoms with van der Waals surface area (Å²) >= 11 is 0. The molecule has 43 heavy (non-hydrogen) atoms. The highest BCUT2D eigenvalue weighted by atomic mass is 16.5. The second-order valence-electron chi connectivity index (χ2n) is 11.0. The predicted molar refractivity (Wildman–Crippen MR) is 164 cm³/mol. The summed E-state index contributed by atoms with van der Waals surface area (Å²) in [6.45, 7) is 2.39. The minimum Gasteiger partial charge on any atom is -0.497 e. The molecule has 4 amide bonds. The van der Waals surface area contributed by atoms with Gasteiger partial charge in [0.2, 0.25) is 0 Å². The van der Waals surface area contributed by atoms with Crippen molar-refractivity contribution in [3.05, 3.63) is 131 Å². The number of methoxy groups -OCH3 is 1. The maximum atomic E-state index is 14.1. The van der Waals surface area contributed by atoms with Crippen molar-refractivity contribution in [3.63, 3.8) is 0 Å². The number of aromatic amines is 1. The third-order valence-corrected chi connectivity index (χ3v) is 8.53. The van der Waals surface area contributed by atoms with Crippen LogP contribution in [0.4, 0.5) is 10.5 Å². The number of anilines is 1. The van der Waals surface area contributed by atoms with Gasteiger partial charge in [0.25, 0.3) is 11.8 Å². The largest absolute Gasteiger partial charge is 0.497 e. The number of imide groups is 1. The number of nitrogens with one attached hydrogen (secondary N) is 2. The molecule has 2 aliphatic rings. The van der Waals surface area contributed by atoms with Crippen LogP contribution in [0.25, 0.3) is 10.9 Å². The third-order valence-electron chi connectivity index (χ3n) is 8.53. The summed E-state index contributed by atoms with van der Waals surface area (Å²) in [5.74, 6) is 0.236. The van der Waals surface area contributed by atoms with E-state index in [0.29, 0.717) is 24.2 Å². The second-order valence-corrected chi connectivity index (χ2v) is 11.0. The van der Waals surface area contributed by atoms with Crippen LogP contribution in [0.3, 0.4) is 0 Å². The van der Waals surface area contributed by atoms with Crippen LogP contribution < -0.4 is 15.0 Å². The number of urea groups is 1. The monoisotopic (exact) mass is 570 g/mol. The molecule has 5 aromatic rings. The first-order valence-corrected chi connectivity index (χ1v) is 14.3. The molecule has 2 atom stereocenters. The van der Waals surface area contributed by atoms with Gasteiger partial charge in [-0.15, -0.1) is 0 Å². The molecule has 2 N–H and O–H groups in total. The van der Waals surface area contributed by atoms with Crippen molar-refractivity contribution in [1.29, 1.82) is 0 Å². The normalized spacial score (nSPS) is 17.6. The summed E-state index contributed by atoms with van der Waals surface area (Å²) in [7, 11) is 1.61. The number of para-hydroxylation sites is 1. The smallest absolute Gasteiger partial charge is 0.332 e. The number of aromatic nitrogens is 1. The highest BCUT2D eigenvalue weighted by Gasteiger charge is 2.53. The first-order chi connectivity index (χ1) is 20.9. The highest BCUT2D eigenvalue weighted by molar-refractivity contribution is 6.22. The van der Waals surface area contributed by atoms with Crippen molar-refractivity contribution in [2.75, 3.05) is 12.0 Å². The lowest BCUT2D eigenvalue weighted by molar-refractivity contribution is -0.120. The topological polar surface area (TPSA) is 94.7 Å². The SMILES string of the molecule is COc1ccc(CNC(=O)c2ccc(N3C(=O)C4Cc5c([nH]c6ccccc56)C(c5ccccc5C)N4C3=O)cc2)cc1. The number of hydrogen-bond donors (Lipinski definition) is 2. The van der Waals surface area contributed by atoms with E-state index >= 15 is 0 Å². The van der Waals surface area contributed by atoms with Crippen LogP contribution in [-0.2, 0) is 17.8 Å². The number of carbonyl (C=O) groups excluding carboxylic acids is 3. The van der Waals surface area contributed by atoms with Gasteiger partial charge >= 0.3 is 6.03 Å². The van der Waals surface area contributed by atoms with Gasteiger partial charge in [0, 0.05) is 35.1 Å². The quantitative estimate of drug-likeness (QED) is 0.249. The molecule has 0 saturated carbocycles. The fourth-order valence-electron chi connectivity index (χ4n) is 6.32. The van der Waals surface area contributed by atoms with Crippen LogP contribution in [0.15, 0.2) is 97.1 Å². The maximum absolute atomic E-state index is 14.1. The molecule has 0 aliphatic carbocycles. The van der Waals surface area contributed by atoms with E-state index in [-0.39, 0.29) is 17.8 Å². The Morgan fingerprint density at radius 3 is 2.40 bits per heavy atom. The summed E-state index contributed by atoms with van der Waals surface area (Å²) < 4.78 is 5.18. The van der Waals surface area contributed by atoms with Crippen LogP contribution in [0, 0.1) is 6.92 Å². The molecule has 1 fully saturated rings. The van der Waals surface area contributed by atoms with Gasteiger partial charge in [-0.1, -0.05) is 54.6 Å². The van der Waals surface area contributed by atoms with Gasteiger partial charge in [0.1, 0.15) is 17.8 Å². The summed E-state index contributed by atoms with van der Waals surface area (Å²) in [4.78, 5) is 47.5. The third kappa shape index (κ3) is 4.43. The molecule has 8 heteroatoms. The van der Waals surface area contributed by atoms with Gasteiger partial charge < -0.3 is 15.0 Å². The number of amides is 4. The van der Waals surface area contributed by atoms with E-state index in [2.05, 4.69) is 16.4 Å². The molecule has 0 bridgehead atoms. The zero-order valence-corrected chi connectivity index (χ0v) is 23.8. The Kier molecular flexibility index (Phi) is 6.46. The number of ether oxygens (including phenoxy) is 1. The fourth-order valence-corrected chi connectivity index (χ4v) is 6.32. The van der Waals surface area contributed by atoms with Crippen molar-refractivity contribution < 1.29 is 19.1 Å². The number of benzene rings is 4. The van der Waals surface area contributed by atoms with Crippen LogP contribution in [0.2, 0.25) is 0 Å². The van der Waals surface area contributed by atoms with Gasteiger partial charge in [0.15, 0.2) is 0 Å². The first-order valence-electron chi connectivity index (χ1n) is 14.3. The van der Waals surface area contributed by atoms with E-state index in [0.717, 1.165) is 44.6 Å². The van der Waals surface area contributed by atoms with Crippen molar-refractivity contribution in [3.8, 4) is 5.75 Å². The lowest BCUT2D eigenvalue weighted by Gasteiger charge is -2.36. The average molecular weight is 571 g/mol. The number of carbonyl (C=O) groups is 3. The predicted octanol–water partition coefficient (Wildman–Crippen LogP) is 5.90. The van der Waals surface area contributed by atoms with Crippen molar-refractivity contribution in [1.82, 2.24) is 15.2 Å². The number of aryl methyl sites for hydroxylation is 1. The Balaban J connectivity index is 1.17. The molecule has 214 valence electrons. The minimum atomic E-state index is -0.642. The van der Waals surface area contributed by atoms with Crippen LogP contribution in [-0.4, -0.2) is 40.9 Å². The van der Waals surface area contributed by atoms with Crippen molar-refractivity contribution in [2.45, 2.75) is 32.0 Å². The van der Waals surface area contributed by atoms with E-state index in [1.54, 1.807) is 36.3 Å². The summed E-state index contributed by atoms with van der Waals surface area (Å²) in [6, 6.07) is 28.7. The number of H-pyrrole nitrogens is 1. The lowest BCUT2D eigenvalue weighted by Crippen LogP contribution is -2.44. The molecule has 1 aromatic heterocycles. The van der Waals surface area contributed by atoms with Crippen LogP contribution in [0.5, 0.6) is 5.75 Å². The van der Waals surface area contributed by atoms with Gasteiger partial charge in [-0.3, -0.25) is 14.5 Å². The standard InChI is InChI=1S/C35H30N4O4/c1-21-7-3-4-8-26(21)32-31-28(27-9-5-6-10-29(27)37-31)19-30-34(41)38(35(42)39(30)32)24-15-13-23(14-16-24)33(40)36-20-22-11-17-25(43-2)18-12-22/h3-18,30,32,37H,19-20H2,1-2H3,(H,36,40). The minimum absolute atomic E-state index is 0.246. The molecule has 3 heterocycles. The number of fused-ring (bicyclic) bond motifs is 4. The van der Waals surface area contributed by atoms with Crippen molar-refractivity contribution in [2.24, 2.45) is 0 Å². The van der Waals surface area contributed by atoms with Gasteiger partial charge in [-0.2, -0.15) is 0 Å². The van der Waals surface area contributed by atoms with E-state index in [1.165, 1.54) is 4.90 Å². The Labute approximate surface area is 248 Å². The molecule has 8 nitrogen and oxygen atoms in total. The van der Waals surface area contributed by atoms with Crippen molar-refractivity contribution >= 4 is 34.4 Å². The van der Waals surface area contributed by atoms with Crippen LogP contribution in [0.1, 0.15) is 44.3 Å². The Hall–Kier alpha value is -5.37. The molecular weight excluding hydrogens is 540 g/mol. The molecule has 7 rings (SSSR count). The lowest BCUT2D eigenvalue weighted by atomic mass is 9.87. The van der Waals surface area contributed by atoms with Gasteiger partial charge in [-0.25, -0.2) is 9.69 Å². The second kappa shape index (κ2) is 10.5. The Morgan fingerprint density at radius 1 is 0.930 bits per heavy atom.